The summed E-state index contributed by atoms with van der Waals surface area (Å²) in [5, 5.41) is 7.49. The minimum atomic E-state index is -0.106. The second kappa shape index (κ2) is 10.4. The second-order valence-electron chi connectivity index (χ2n) is 7.55. The van der Waals surface area contributed by atoms with Crippen LogP contribution in [0.3, 0.4) is 0 Å². The third-order valence-electron chi connectivity index (χ3n) is 5.15. The fraction of sp³-hybridized carbons (Fsp3) is 0.429. The summed E-state index contributed by atoms with van der Waals surface area (Å²) in [5.41, 5.74) is 2.86. The highest BCUT2D eigenvalue weighted by atomic mass is 35.5. The van der Waals surface area contributed by atoms with Gasteiger partial charge < -0.3 is 15.5 Å². The molecule has 5 nitrogen and oxygen atoms in total. The number of benzene rings is 1. The Bertz CT molecular complexity index is 852. The van der Waals surface area contributed by atoms with Gasteiger partial charge in [0, 0.05) is 49.7 Å². The van der Waals surface area contributed by atoms with Crippen molar-refractivity contribution in [3.63, 3.8) is 0 Å². The van der Waals surface area contributed by atoms with Gasteiger partial charge in [-0.15, -0.1) is 12.4 Å². The average Bonchev–Trinajstić information content (AvgIpc) is 2.66. The third kappa shape index (κ3) is 6.14. The van der Waals surface area contributed by atoms with Crippen molar-refractivity contribution in [2.75, 3.05) is 24.3 Å². The maximum Gasteiger partial charge on any atom is 0.251 e. The lowest BCUT2D eigenvalue weighted by Gasteiger charge is -2.30. The number of pyridine rings is 1. The number of halogens is 3. The Hall–Kier alpha value is -1.69. The van der Waals surface area contributed by atoms with Gasteiger partial charge in [0.2, 0.25) is 0 Å². The van der Waals surface area contributed by atoms with Crippen molar-refractivity contribution in [2.24, 2.45) is 0 Å². The highest BCUT2D eigenvalue weighted by molar-refractivity contribution is 6.42. The molecule has 0 spiro atoms. The highest BCUT2D eigenvalue weighted by Crippen LogP contribution is 2.26. The molecule has 1 fully saturated rings. The van der Waals surface area contributed by atoms with Gasteiger partial charge in [0.15, 0.2) is 0 Å². The number of hydrogen-bond donors (Lipinski definition) is 2. The molecule has 3 rings (SSSR count). The monoisotopic (exact) mass is 456 g/mol. The molecule has 0 aliphatic heterocycles. The first-order valence-electron chi connectivity index (χ1n) is 9.50. The van der Waals surface area contributed by atoms with Gasteiger partial charge in [0.1, 0.15) is 5.82 Å². The number of amides is 1. The van der Waals surface area contributed by atoms with Gasteiger partial charge in [-0.2, -0.15) is 0 Å². The van der Waals surface area contributed by atoms with Crippen molar-refractivity contribution in [1.29, 1.82) is 0 Å². The molecule has 1 heterocycles. The molecule has 1 aliphatic carbocycles. The van der Waals surface area contributed by atoms with E-state index >= 15 is 0 Å². The van der Waals surface area contributed by atoms with Crippen LogP contribution in [-0.4, -0.2) is 37.1 Å². The molecule has 0 bridgehead atoms. The lowest BCUT2D eigenvalue weighted by atomic mass is 9.91. The summed E-state index contributed by atoms with van der Waals surface area (Å²) < 4.78 is 0. The molecule has 1 amide bonds. The van der Waals surface area contributed by atoms with Crippen LogP contribution < -0.4 is 15.5 Å². The number of nitrogens with zero attached hydrogens (tertiary/aromatic N) is 2. The van der Waals surface area contributed by atoms with Crippen LogP contribution in [0.4, 0.5) is 11.5 Å². The summed E-state index contributed by atoms with van der Waals surface area (Å²) in [4.78, 5) is 19.0. The minimum Gasteiger partial charge on any atom is -0.377 e. The number of carbonyl (C=O) groups is 1. The van der Waals surface area contributed by atoms with Crippen molar-refractivity contribution in [3.05, 3.63) is 51.6 Å². The van der Waals surface area contributed by atoms with Crippen molar-refractivity contribution in [1.82, 2.24) is 10.3 Å². The van der Waals surface area contributed by atoms with Gasteiger partial charge in [-0.05, 0) is 56.4 Å². The number of anilines is 2. The molecule has 2 N–H and O–H groups in total. The molecule has 2 aromatic rings. The normalized spacial score (nSPS) is 18.5. The molecule has 8 heteroatoms. The van der Waals surface area contributed by atoms with Crippen LogP contribution in [0.25, 0.3) is 0 Å². The largest absolute Gasteiger partial charge is 0.377 e. The van der Waals surface area contributed by atoms with Crippen molar-refractivity contribution < 1.29 is 4.79 Å². The zero-order chi connectivity index (χ0) is 20.3. The van der Waals surface area contributed by atoms with Crippen LogP contribution in [0.5, 0.6) is 0 Å². The third-order valence-corrected chi connectivity index (χ3v) is 5.89. The lowest BCUT2D eigenvalue weighted by Crippen LogP contribution is -2.40. The van der Waals surface area contributed by atoms with Crippen LogP contribution in [-0.2, 0) is 0 Å². The Balaban J connectivity index is 0.00000300. The molecule has 1 aliphatic rings. The summed E-state index contributed by atoms with van der Waals surface area (Å²) in [5.74, 6) is 0.795. The Morgan fingerprint density at radius 2 is 1.72 bits per heavy atom. The number of aryl methyl sites for hydroxylation is 1. The maximum absolute atomic E-state index is 12.4. The Labute approximate surface area is 188 Å². The first-order valence-corrected chi connectivity index (χ1v) is 10.3. The molecular weight excluding hydrogens is 431 g/mol. The standard InChI is InChI=1S/C21H26Cl2N4O.ClH/c1-13-12-24-20(11-19(13)27(2)3)25-15-5-7-16(8-6-15)26-21(28)14-4-9-17(22)18(23)10-14;/h4,9-12,15-16H,5-8H2,1-3H3,(H,24,25)(H,26,28);1H. The zero-order valence-corrected chi connectivity index (χ0v) is 19.2. The first-order chi connectivity index (χ1) is 13.3. The summed E-state index contributed by atoms with van der Waals surface area (Å²) in [6.45, 7) is 2.06. The van der Waals surface area contributed by atoms with E-state index in [4.69, 9.17) is 23.2 Å². The summed E-state index contributed by atoms with van der Waals surface area (Å²) in [6.07, 6.45) is 5.73. The van der Waals surface area contributed by atoms with Gasteiger partial charge >= 0.3 is 0 Å². The van der Waals surface area contributed by atoms with Gasteiger partial charge in [0.25, 0.3) is 5.91 Å². The number of hydrogen-bond acceptors (Lipinski definition) is 4. The molecule has 0 saturated heterocycles. The molecule has 1 saturated carbocycles. The topological polar surface area (TPSA) is 57.3 Å². The second-order valence-corrected chi connectivity index (χ2v) is 8.36. The van der Waals surface area contributed by atoms with E-state index in [0.717, 1.165) is 37.1 Å². The number of aromatic nitrogens is 1. The highest BCUT2D eigenvalue weighted by Gasteiger charge is 2.23. The van der Waals surface area contributed by atoms with E-state index in [1.165, 1.54) is 5.69 Å². The Morgan fingerprint density at radius 3 is 2.34 bits per heavy atom. The van der Waals surface area contributed by atoms with E-state index in [2.05, 4.69) is 33.5 Å². The molecule has 0 radical (unpaired) electrons. The average molecular weight is 458 g/mol. The smallest absolute Gasteiger partial charge is 0.251 e. The van der Waals surface area contributed by atoms with Gasteiger partial charge in [0.05, 0.1) is 10.0 Å². The van der Waals surface area contributed by atoms with E-state index in [0.29, 0.717) is 21.7 Å². The molecule has 158 valence electrons. The van der Waals surface area contributed by atoms with Gasteiger partial charge in [-0.1, -0.05) is 23.2 Å². The SMILES string of the molecule is Cc1cnc(NC2CCC(NC(=O)c3ccc(Cl)c(Cl)c3)CC2)cc1N(C)C.Cl. The molecule has 0 atom stereocenters. The fourth-order valence-electron chi connectivity index (χ4n) is 3.57. The predicted molar refractivity (Wildman–Crippen MR) is 124 cm³/mol. The fourth-order valence-corrected chi connectivity index (χ4v) is 3.87. The van der Waals surface area contributed by atoms with Crippen LogP contribution >= 0.6 is 35.6 Å². The van der Waals surface area contributed by atoms with E-state index in [1.807, 2.05) is 20.3 Å². The summed E-state index contributed by atoms with van der Waals surface area (Å²) in [6, 6.07) is 7.58. The van der Waals surface area contributed by atoms with Crippen LogP contribution in [0.2, 0.25) is 10.0 Å². The van der Waals surface area contributed by atoms with Crippen molar-refractivity contribution in [2.45, 2.75) is 44.7 Å². The van der Waals surface area contributed by atoms with Crippen molar-refractivity contribution >= 4 is 53.0 Å². The van der Waals surface area contributed by atoms with Gasteiger partial charge in [-0.25, -0.2) is 4.98 Å². The zero-order valence-electron chi connectivity index (χ0n) is 16.8. The van der Waals surface area contributed by atoms with Crippen LogP contribution in [0.1, 0.15) is 41.6 Å². The minimum absolute atomic E-state index is 0. The molecular formula is C21H27Cl3N4O. The summed E-state index contributed by atoms with van der Waals surface area (Å²) in [7, 11) is 4.07. The maximum atomic E-state index is 12.4. The van der Waals surface area contributed by atoms with Crippen molar-refractivity contribution in [3.8, 4) is 0 Å². The van der Waals surface area contributed by atoms with E-state index < -0.39 is 0 Å². The van der Waals surface area contributed by atoms with Crippen LogP contribution in [0.15, 0.2) is 30.5 Å². The Kier molecular flexibility index (Phi) is 8.44. The molecule has 1 aromatic heterocycles. The van der Waals surface area contributed by atoms with Crippen LogP contribution in [0, 0.1) is 6.92 Å². The first kappa shape index (κ1) is 23.6. The predicted octanol–water partition coefficient (Wildman–Crippen LogP) is 5.34. The molecule has 29 heavy (non-hydrogen) atoms. The van der Waals surface area contributed by atoms with E-state index in [1.54, 1.807) is 18.2 Å². The number of rotatable bonds is 5. The van der Waals surface area contributed by atoms with Gasteiger partial charge in [-0.3, -0.25) is 4.79 Å². The Morgan fingerprint density at radius 1 is 1.07 bits per heavy atom. The van der Waals surface area contributed by atoms with E-state index in [-0.39, 0.29) is 24.4 Å². The number of carbonyl (C=O) groups excluding carboxylic acids is 1. The summed E-state index contributed by atoms with van der Waals surface area (Å²) >= 11 is 11.9. The lowest BCUT2D eigenvalue weighted by molar-refractivity contribution is 0.0926. The molecule has 0 unspecified atom stereocenters. The number of nitrogens with one attached hydrogen (secondary N) is 2. The quantitative estimate of drug-likeness (QED) is 0.636. The molecule has 1 aromatic carbocycles. The van der Waals surface area contributed by atoms with E-state index in [9.17, 15) is 4.79 Å².